The normalized spacial score (nSPS) is 33.3. The third-order valence-corrected chi connectivity index (χ3v) is 5.19. The standard InChI is InChI=1S/C18H20N2O6/c1-10-8-20(17(24)19-16(10)23)13-7-18(11-5-3-2-4-6-11)15(25-13)14(22)12(9-21)26-18/h2-6,8,12-15,21-22H,7,9H2,1H3,(H,19,23,24)/t12-,13-,14-,15?,18+/m1/s1. The van der Waals surface area contributed by atoms with E-state index in [1.807, 2.05) is 30.3 Å². The number of benzene rings is 1. The Kier molecular flexibility index (Phi) is 4.07. The lowest BCUT2D eigenvalue weighted by Crippen LogP contribution is -2.37. The lowest BCUT2D eigenvalue weighted by Gasteiger charge is -2.27. The summed E-state index contributed by atoms with van der Waals surface area (Å²) in [5.74, 6) is 0. The highest BCUT2D eigenvalue weighted by Crippen LogP contribution is 2.52. The van der Waals surface area contributed by atoms with Crippen molar-refractivity contribution in [3.05, 3.63) is 68.5 Å². The number of aliphatic hydroxyl groups is 2. The van der Waals surface area contributed by atoms with Gasteiger partial charge in [-0.15, -0.1) is 0 Å². The maximum absolute atomic E-state index is 12.2. The molecule has 0 spiro atoms. The Hall–Kier alpha value is -2.26. The number of aryl methyl sites for hydroxylation is 1. The molecule has 2 fully saturated rings. The first-order valence-corrected chi connectivity index (χ1v) is 8.46. The molecule has 4 rings (SSSR count). The monoisotopic (exact) mass is 360 g/mol. The molecule has 3 heterocycles. The molecule has 8 nitrogen and oxygen atoms in total. The molecule has 5 atom stereocenters. The lowest BCUT2D eigenvalue weighted by atomic mass is 9.86. The largest absolute Gasteiger partial charge is 0.394 e. The molecule has 0 aliphatic carbocycles. The molecule has 2 saturated heterocycles. The topological polar surface area (TPSA) is 114 Å². The van der Waals surface area contributed by atoms with E-state index in [2.05, 4.69) is 4.98 Å². The second-order valence-electron chi connectivity index (χ2n) is 6.78. The summed E-state index contributed by atoms with van der Waals surface area (Å²) in [5, 5.41) is 20.1. The van der Waals surface area contributed by atoms with E-state index in [9.17, 15) is 19.8 Å². The van der Waals surface area contributed by atoms with E-state index in [1.54, 1.807) is 6.92 Å². The maximum atomic E-state index is 12.2. The van der Waals surface area contributed by atoms with Gasteiger partial charge >= 0.3 is 5.69 Å². The van der Waals surface area contributed by atoms with Crippen LogP contribution in [0.15, 0.2) is 46.1 Å². The third kappa shape index (κ3) is 2.45. The average molecular weight is 360 g/mol. The fourth-order valence-electron chi connectivity index (χ4n) is 3.89. The fourth-order valence-corrected chi connectivity index (χ4v) is 3.89. The van der Waals surface area contributed by atoms with Crippen molar-refractivity contribution in [1.82, 2.24) is 9.55 Å². The molecule has 1 aromatic heterocycles. The zero-order valence-corrected chi connectivity index (χ0v) is 14.2. The van der Waals surface area contributed by atoms with Crippen LogP contribution in [0.1, 0.15) is 23.8 Å². The number of fused-ring (bicyclic) bond motifs is 1. The van der Waals surface area contributed by atoms with Crippen LogP contribution in [0, 0.1) is 6.92 Å². The van der Waals surface area contributed by atoms with Crippen LogP contribution in [-0.4, -0.2) is 44.7 Å². The van der Waals surface area contributed by atoms with Gasteiger partial charge in [-0.2, -0.15) is 0 Å². The molecule has 2 aliphatic rings. The third-order valence-electron chi connectivity index (χ3n) is 5.19. The first kappa shape index (κ1) is 17.2. The van der Waals surface area contributed by atoms with E-state index in [1.165, 1.54) is 10.8 Å². The van der Waals surface area contributed by atoms with E-state index in [-0.39, 0.29) is 13.0 Å². The molecule has 0 bridgehead atoms. The average Bonchev–Trinajstić information content (AvgIpc) is 3.14. The Morgan fingerprint density at radius 2 is 2.04 bits per heavy atom. The molecule has 3 N–H and O–H groups in total. The summed E-state index contributed by atoms with van der Waals surface area (Å²) < 4.78 is 13.4. The van der Waals surface area contributed by atoms with Gasteiger partial charge in [-0.05, 0) is 12.5 Å². The van der Waals surface area contributed by atoms with E-state index in [0.717, 1.165) is 5.56 Å². The molecule has 26 heavy (non-hydrogen) atoms. The quantitative estimate of drug-likeness (QED) is 0.697. The van der Waals surface area contributed by atoms with Gasteiger partial charge in [0, 0.05) is 18.2 Å². The molecular weight excluding hydrogens is 340 g/mol. The first-order valence-electron chi connectivity index (χ1n) is 8.46. The summed E-state index contributed by atoms with van der Waals surface area (Å²) in [4.78, 5) is 26.1. The van der Waals surface area contributed by atoms with Crippen LogP contribution in [0.5, 0.6) is 0 Å². The van der Waals surface area contributed by atoms with Gasteiger partial charge in [-0.1, -0.05) is 30.3 Å². The first-order chi connectivity index (χ1) is 12.5. The molecular formula is C18H20N2O6. The minimum atomic E-state index is -1.04. The molecule has 8 heteroatoms. The molecule has 2 aliphatic heterocycles. The van der Waals surface area contributed by atoms with Gasteiger partial charge in [0.25, 0.3) is 5.56 Å². The summed E-state index contributed by atoms with van der Waals surface area (Å²) >= 11 is 0. The highest BCUT2D eigenvalue weighted by molar-refractivity contribution is 5.29. The summed E-state index contributed by atoms with van der Waals surface area (Å²) in [6, 6.07) is 9.31. The fraction of sp³-hybridized carbons (Fsp3) is 0.444. The molecule has 1 unspecified atom stereocenters. The highest BCUT2D eigenvalue weighted by atomic mass is 16.6. The molecule has 2 aromatic rings. The van der Waals surface area contributed by atoms with Gasteiger partial charge in [0.2, 0.25) is 0 Å². The zero-order chi connectivity index (χ0) is 18.5. The van der Waals surface area contributed by atoms with Crippen LogP contribution in [0.2, 0.25) is 0 Å². The second-order valence-corrected chi connectivity index (χ2v) is 6.78. The number of aromatic nitrogens is 2. The van der Waals surface area contributed by atoms with Crippen LogP contribution < -0.4 is 11.2 Å². The van der Waals surface area contributed by atoms with Crippen molar-refractivity contribution in [1.29, 1.82) is 0 Å². The Bertz CT molecular complexity index is 923. The number of aromatic amines is 1. The Labute approximate surface area is 148 Å². The van der Waals surface area contributed by atoms with Crippen molar-refractivity contribution in [2.45, 2.75) is 43.5 Å². The van der Waals surface area contributed by atoms with Crippen molar-refractivity contribution in [3.8, 4) is 0 Å². The van der Waals surface area contributed by atoms with Crippen LogP contribution in [0.3, 0.4) is 0 Å². The SMILES string of the molecule is Cc1cn([C@H]2C[C@@]3(c4ccccc4)O[C@H](CO)[C@@H](O)C3O2)c(=O)[nH]c1=O. The van der Waals surface area contributed by atoms with E-state index in [0.29, 0.717) is 5.56 Å². The highest BCUT2D eigenvalue weighted by Gasteiger charge is 2.62. The minimum absolute atomic E-state index is 0.265. The van der Waals surface area contributed by atoms with Gasteiger partial charge in [0.1, 0.15) is 30.1 Å². The van der Waals surface area contributed by atoms with Crippen LogP contribution >= 0.6 is 0 Å². The summed E-state index contributed by atoms with van der Waals surface area (Å²) in [6.07, 6.45) is -1.55. The predicted octanol–water partition coefficient (Wildman–Crippen LogP) is -0.220. The van der Waals surface area contributed by atoms with E-state index < -0.39 is 41.4 Å². The molecule has 0 amide bonds. The molecule has 0 radical (unpaired) electrons. The van der Waals surface area contributed by atoms with Crippen LogP contribution in [0.25, 0.3) is 0 Å². The van der Waals surface area contributed by atoms with Gasteiger partial charge in [0.15, 0.2) is 0 Å². The van der Waals surface area contributed by atoms with Crippen LogP contribution in [0.4, 0.5) is 0 Å². The summed E-state index contributed by atoms with van der Waals surface area (Å²) in [5.41, 5.74) is -0.825. The van der Waals surface area contributed by atoms with Crippen molar-refractivity contribution < 1.29 is 19.7 Å². The Morgan fingerprint density at radius 3 is 2.73 bits per heavy atom. The van der Waals surface area contributed by atoms with Crippen molar-refractivity contribution in [2.24, 2.45) is 0 Å². The minimum Gasteiger partial charge on any atom is -0.394 e. The van der Waals surface area contributed by atoms with Crippen molar-refractivity contribution in [2.75, 3.05) is 6.61 Å². The number of aliphatic hydroxyl groups excluding tert-OH is 2. The molecule has 138 valence electrons. The Morgan fingerprint density at radius 1 is 1.31 bits per heavy atom. The van der Waals surface area contributed by atoms with Gasteiger partial charge < -0.3 is 19.7 Å². The maximum Gasteiger partial charge on any atom is 0.330 e. The number of nitrogens with one attached hydrogen (secondary N) is 1. The number of nitrogens with zero attached hydrogens (tertiary/aromatic N) is 1. The lowest BCUT2D eigenvalue weighted by molar-refractivity contribution is -0.0810. The predicted molar refractivity (Wildman–Crippen MR) is 90.7 cm³/mol. The number of hydrogen-bond donors (Lipinski definition) is 3. The van der Waals surface area contributed by atoms with E-state index in [4.69, 9.17) is 9.47 Å². The summed E-state index contributed by atoms with van der Waals surface area (Å²) in [7, 11) is 0. The van der Waals surface area contributed by atoms with Crippen molar-refractivity contribution in [3.63, 3.8) is 0 Å². The number of hydrogen-bond acceptors (Lipinski definition) is 6. The van der Waals surface area contributed by atoms with Gasteiger partial charge in [-0.3, -0.25) is 14.3 Å². The van der Waals surface area contributed by atoms with Gasteiger partial charge in [-0.25, -0.2) is 4.79 Å². The Balaban J connectivity index is 1.78. The molecule has 1 aromatic carbocycles. The van der Waals surface area contributed by atoms with Crippen molar-refractivity contribution >= 4 is 0 Å². The van der Waals surface area contributed by atoms with Crippen LogP contribution in [-0.2, 0) is 15.1 Å². The number of H-pyrrole nitrogens is 1. The number of ether oxygens (including phenoxy) is 2. The summed E-state index contributed by atoms with van der Waals surface area (Å²) in [6.45, 7) is 1.27. The van der Waals surface area contributed by atoms with Gasteiger partial charge in [0.05, 0.1) is 6.61 Å². The van der Waals surface area contributed by atoms with E-state index >= 15 is 0 Å². The second kappa shape index (κ2) is 6.17. The smallest absolute Gasteiger partial charge is 0.330 e. The molecule has 0 saturated carbocycles. The zero-order valence-electron chi connectivity index (χ0n) is 14.2. The number of rotatable bonds is 3.